The van der Waals surface area contributed by atoms with Gasteiger partial charge < -0.3 is 10.6 Å². The fourth-order valence-electron chi connectivity index (χ4n) is 1.78. The monoisotopic (exact) mass is 326 g/mol. The molecular formula is C17H18N4OS. The second kappa shape index (κ2) is 8.65. The first-order chi connectivity index (χ1) is 11.2. The van der Waals surface area contributed by atoms with Crippen LogP contribution in [0.4, 0.5) is 5.13 Å². The number of thiazole rings is 1. The van der Waals surface area contributed by atoms with Gasteiger partial charge in [-0.1, -0.05) is 43.0 Å². The van der Waals surface area contributed by atoms with Crippen LogP contribution in [-0.4, -0.2) is 17.6 Å². The van der Waals surface area contributed by atoms with Crippen molar-refractivity contribution in [2.45, 2.75) is 13.0 Å². The summed E-state index contributed by atoms with van der Waals surface area (Å²) in [4.78, 5) is 20.0. The van der Waals surface area contributed by atoms with Crippen molar-refractivity contribution >= 4 is 29.1 Å². The number of aromatic nitrogens is 1. The van der Waals surface area contributed by atoms with Crippen LogP contribution in [0, 0.1) is 0 Å². The Morgan fingerprint density at radius 2 is 2.13 bits per heavy atom. The predicted octanol–water partition coefficient (Wildman–Crippen LogP) is 3.60. The summed E-state index contributed by atoms with van der Waals surface area (Å²) >= 11 is 1.36. The van der Waals surface area contributed by atoms with Crippen LogP contribution in [0.5, 0.6) is 0 Å². The molecule has 2 rings (SSSR count). The van der Waals surface area contributed by atoms with E-state index in [0.29, 0.717) is 23.8 Å². The van der Waals surface area contributed by atoms with E-state index in [4.69, 9.17) is 0 Å². The maximum Gasteiger partial charge on any atom is 0.271 e. The molecule has 6 heteroatoms. The van der Waals surface area contributed by atoms with Gasteiger partial charge in [0, 0.05) is 30.2 Å². The predicted molar refractivity (Wildman–Crippen MR) is 95.8 cm³/mol. The number of allylic oxidation sites excluding steroid dienone is 1. The highest BCUT2D eigenvalue weighted by Crippen LogP contribution is 2.18. The van der Waals surface area contributed by atoms with E-state index in [9.17, 15) is 4.79 Å². The molecule has 0 aliphatic heterocycles. The first-order valence-corrected chi connectivity index (χ1v) is 7.90. The van der Waals surface area contributed by atoms with Gasteiger partial charge in [-0.3, -0.25) is 9.79 Å². The molecule has 0 aliphatic carbocycles. The number of nitrogens with zero attached hydrogens (tertiary/aromatic N) is 2. The van der Waals surface area contributed by atoms with E-state index in [1.807, 2.05) is 36.4 Å². The van der Waals surface area contributed by atoms with Crippen molar-refractivity contribution in [3.05, 3.63) is 71.5 Å². The van der Waals surface area contributed by atoms with Gasteiger partial charge in [0.1, 0.15) is 5.69 Å². The van der Waals surface area contributed by atoms with Crippen LogP contribution >= 0.6 is 11.3 Å². The summed E-state index contributed by atoms with van der Waals surface area (Å²) in [6.07, 6.45) is 4.06. The van der Waals surface area contributed by atoms with Crippen LogP contribution in [0.2, 0.25) is 0 Å². The molecule has 2 N–H and O–H groups in total. The van der Waals surface area contributed by atoms with E-state index in [1.54, 1.807) is 11.6 Å². The Kier molecular flexibility index (Phi) is 6.26. The Morgan fingerprint density at radius 3 is 2.87 bits per heavy atom. The van der Waals surface area contributed by atoms with Gasteiger partial charge in [0.15, 0.2) is 5.13 Å². The van der Waals surface area contributed by atoms with Crippen LogP contribution in [0.3, 0.4) is 0 Å². The number of hydrogen-bond acceptors (Lipinski definition) is 5. The van der Waals surface area contributed by atoms with Gasteiger partial charge in [-0.05, 0) is 12.3 Å². The average Bonchev–Trinajstić information content (AvgIpc) is 3.02. The van der Waals surface area contributed by atoms with E-state index in [1.165, 1.54) is 11.3 Å². The number of amides is 1. The third-order valence-electron chi connectivity index (χ3n) is 2.89. The van der Waals surface area contributed by atoms with Gasteiger partial charge in [-0.2, -0.15) is 0 Å². The molecule has 0 fully saturated rings. The van der Waals surface area contributed by atoms with E-state index in [2.05, 4.69) is 33.9 Å². The molecule has 2 aromatic rings. The van der Waals surface area contributed by atoms with Gasteiger partial charge in [-0.25, -0.2) is 4.98 Å². The Morgan fingerprint density at radius 1 is 1.35 bits per heavy atom. The summed E-state index contributed by atoms with van der Waals surface area (Å²) in [6.45, 7) is 7.73. The van der Waals surface area contributed by atoms with Crippen molar-refractivity contribution < 1.29 is 4.79 Å². The molecule has 1 aromatic carbocycles. The average molecular weight is 326 g/mol. The first kappa shape index (κ1) is 16.6. The van der Waals surface area contributed by atoms with Gasteiger partial charge in [0.2, 0.25) is 0 Å². The summed E-state index contributed by atoms with van der Waals surface area (Å²) in [7, 11) is 0. The van der Waals surface area contributed by atoms with Crippen LogP contribution in [0.1, 0.15) is 22.5 Å². The molecule has 0 unspecified atom stereocenters. The molecule has 1 aromatic heterocycles. The summed E-state index contributed by atoms with van der Waals surface area (Å²) in [6, 6.07) is 9.74. The summed E-state index contributed by atoms with van der Waals surface area (Å²) in [5, 5.41) is 8.28. The SMILES string of the molecule is C=N/C=C\CC(=C)Nc1nc(C(=O)NCc2ccccc2)cs1. The molecule has 0 atom stereocenters. The largest absolute Gasteiger partial charge is 0.347 e. The molecule has 1 amide bonds. The Labute approximate surface area is 139 Å². The van der Waals surface area contributed by atoms with Crippen LogP contribution in [0.25, 0.3) is 0 Å². The molecule has 118 valence electrons. The Bertz CT molecular complexity index is 706. The summed E-state index contributed by atoms with van der Waals surface area (Å²) < 4.78 is 0. The topological polar surface area (TPSA) is 66.4 Å². The molecule has 23 heavy (non-hydrogen) atoms. The van der Waals surface area contributed by atoms with Gasteiger partial charge in [-0.15, -0.1) is 11.3 Å². The lowest BCUT2D eigenvalue weighted by atomic mass is 10.2. The van der Waals surface area contributed by atoms with E-state index in [0.717, 1.165) is 11.3 Å². The molecule has 1 heterocycles. The quantitative estimate of drug-likeness (QED) is 0.728. The van der Waals surface area contributed by atoms with Crippen molar-refractivity contribution in [2.75, 3.05) is 5.32 Å². The standard InChI is InChI=1S/C17H18N4OS/c1-13(7-6-10-18-2)20-17-21-15(12-23-17)16(22)19-11-14-8-4-3-5-9-14/h3-6,8-10,12H,1-2,7,11H2,(H,19,22)(H,20,21)/b10-6-. The zero-order valence-electron chi connectivity index (χ0n) is 12.7. The number of carbonyl (C=O) groups excluding carboxylic acids is 1. The molecule has 0 spiro atoms. The number of rotatable bonds is 8. The van der Waals surface area contributed by atoms with Crippen molar-refractivity contribution in [3.8, 4) is 0 Å². The van der Waals surface area contributed by atoms with Crippen LogP contribution < -0.4 is 10.6 Å². The lowest BCUT2D eigenvalue weighted by molar-refractivity contribution is 0.0946. The number of nitrogens with one attached hydrogen (secondary N) is 2. The maximum atomic E-state index is 12.1. The summed E-state index contributed by atoms with van der Waals surface area (Å²) in [5.41, 5.74) is 2.21. The minimum Gasteiger partial charge on any atom is -0.347 e. The van der Waals surface area contributed by atoms with Gasteiger partial charge >= 0.3 is 0 Å². The maximum absolute atomic E-state index is 12.1. The number of anilines is 1. The third kappa shape index (κ3) is 5.52. The van der Waals surface area contributed by atoms with Crippen LogP contribution in [-0.2, 0) is 6.54 Å². The molecule has 0 saturated carbocycles. The minimum atomic E-state index is -0.195. The highest BCUT2D eigenvalue weighted by atomic mass is 32.1. The minimum absolute atomic E-state index is 0.195. The van der Waals surface area contributed by atoms with Gasteiger partial charge in [0.05, 0.1) is 0 Å². The first-order valence-electron chi connectivity index (χ1n) is 7.02. The number of benzene rings is 1. The smallest absolute Gasteiger partial charge is 0.271 e. The van der Waals surface area contributed by atoms with E-state index < -0.39 is 0 Å². The normalized spacial score (nSPS) is 10.4. The number of carbonyl (C=O) groups is 1. The fraction of sp³-hybridized carbons (Fsp3) is 0.118. The molecular weight excluding hydrogens is 308 g/mol. The Hall–Kier alpha value is -2.73. The zero-order chi connectivity index (χ0) is 16.5. The molecule has 5 nitrogen and oxygen atoms in total. The molecule has 0 aliphatic rings. The number of aliphatic imine (C=N–C) groups is 1. The molecule has 0 radical (unpaired) electrons. The van der Waals surface area contributed by atoms with Crippen molar-refractivity contribution in [1.29, 1.82) is 0 Å². The van der Waals surface area contributed by atoms with E-state index >= 15 is 0 Å². The van der Waals surface area contributed by atoms with Crippen LogP contribution in [0.15, 0.2) is 65.3 Å². The lowest BCUT2D eigenvalue weighted by Crippen LogP contribution is -2.23. The van der Waals surface area contributed by atoms with Crippen molar-refractivity contribution in [1.82, 2.24) is 10.3 Å². The van der Waals surface area contributed by atoms with Gasteiger partial charge in [0.25, 0.3) is 5.91 Å². The lowest BCUT2D eigenvalue weighted by Gasteiger charge is -2.04. The fourth-order valence-corrected chi connectivity index (χ4v) is 2.51. The highest BCUT2D eigenvalue weighted by Gasteiger charge is 2.10. The number of hydrogen-bond donors (Lipinski definition) is 2. The van der Waals surface area contributed by atoms with E-state index in [-0.39, 0.29) is 5.91 Å². The second-order valence-electron chi connectivity index (χ2n) is 4.71. The third-order valence-corrected chi connectivity index (χ3v) is 3.65. The second-order valence-corrected chi connectivity index (χ2v) is 5.56. The molecule has 0 saturated heterocycles. The summed E-state index contributed by atoms with van der Waals surface area (Å²) in [5.74, 6) is -0.195. The van der Waals surface area contributed by atoms with Crippen molar-refractivity contribution in [3.63, 3.8) is 0 Å². The zero-order valence-corrected chi connectivity index (χ0v) is 13.5. The molecule has 0 bridgehead atoms. The Balaban J connectivity index is 1.85. The highest BCUT2D eigenvalue weighted by molar-refractivity contribution is 7.13. The van der Waals surface area contributed by atoms with Crippen molar-refractivity contribution in [2.24, 2.45) is 4.99 Å².